The highest BCUT2D eigenvalue weighted by Gasteiger charge is 2.33. The standard InChI is InChI=1S/C30H45N3O/c1-29(2,3)24-20-22(21-25(28(24)34)30(4,5)6)27(26-14-10-11-15-31-26)33-18-16-32(17-19-33)23-12-8-7-9-13-23/h10-11,14-15,20-21,23,27,34H,7-9,12-13,16-19H2,1-6H3. The average Bonchev–Trinajstić information content (AvgIpc) is 2.80. The van der Waals surface area contributed by atoms with Crippen LogP contribution in [0.25, 0.3) is 0 Å². The van der Waals surface area contributed by atoms with E-state index in [1.807, 2.05) is 12.3 Å². The maximum Gasteiger partial charge on any atom is 0.123 e. The van der Waals surface area contributed by atoms with Gasteiger partial charge in [0.25, 0.3) is 0 Å². The highest BCUT2D eigenvalue weighted by atomic mass is 16.3. The molecule has 1 aromatic heterocycles. The first-order chi connectivity index (χ1) is 16.1. The minimum absolute atomic E-state index is 0.0949. The van der Waals surface area contributed by atoms with Gasteiger partial charge in [-0.15, -0.1) is 0 Å². The van der Waals surface area contributed by atoms with Gasteiger partial charge in [-0.1, -0.05) is 66.9 Å². The van der Waals surface area contributed by atoms with E-state index in [1.54, 1.807) is 0 Å². The van der Waals surface area contributed by atoms with Crippen LogP contribution in [0.1, 0.15) is 102 Å². The van der Waals surface area contributed by atoms with E-state index in [2.05, 4.69) is 75.6 Å². The summed E-state index contributed by atoms with van der Waals surface area (Å²) in [6.07, 6.45) is 8.83. The van der Waals surface area contributed by atoms with Gasteiger partial charge in [0.15, 0.2) is 0 Å². The summed E-state index contributed by atoms with van der Waals surface area (Å²) in [4.78, 5) is 10.2. The van der Waals surface area contributed by atoms with Crippen molar-refractivity contribution in [2.24, 2.45) is 0 Å². The summed E-state index contributed by atoms with van der Waals surface area (Å²) in [5, 5.41) is 11.3. The van der Waals surface area contributed by atoms with Crippen molar-refractivity contribution in [3.63, 3.8) is 0 Å². The number of phenolic OH excluding ortho intramolecular Hbond substituents is 1. The molecule has 1 saturated heterocycles. The summed E-state index contributed by atoms with van der Waals surface area (Å²) in [7, 11) is 0. The lowest BCUT2D eigenvalue weighted by Gasteiger charge is -2.43. The number of benzene rings is 1. The zero-order valence-electron chi connectivity index (χ0n) is 22.3. The first-order valence-electron chi connectivity index (χ1n) is 13.3. The molecule has 1 aromatic carbocycles. The van der Waals surface area contributed by atoms with Crippen LogP contribution in [0.15, 0.2) is 36.5 Å². The van der Waals surface area contributed by atoms with Crippen LogP contribution in [0.2, 0.25) is 0 Å². The van der Waals surface area contributed by atoms with Crippen LogP contribution in [0, 0.1) is 0 Å². The second-order valence-electron chi connectivity index (χ2n) is 12.5. The molecule has 0 bridgehead atoms. The molecule has 1 aliphatic heterocycles. The molecule has 2 heterocycles. The van der Waals surface area contributed by atoms with E-state index in [0.717, 1.165) is 49.0 Å². The number of hydrogen-bond acceptors (Lipinski definition) is 4. The molecule has 0 radical (unpaired) electrons. The van der Waals surface area contributed by atoms with E-state index < -0.39 is 0 Å². The Kier molecular flexibility index (Phi) is 7.40. The molecule has 0 spiro atoms. The van der Waals surface area contributed by atoms with Gasteiger partial charge in [-0.05, 0) is 64.6 Å². The van der Waals surface area contributed by atoms with E-state index in [0.29, 0.717) is 5.75 Å². The Morgan fingerprint density at radius 2 is 1.44 bits per heavy atom. The summed E-state index contributed by atoms with van der Waals surface area (Å²) < 4.78 is 0. The van der Waals surface area contributed by atoms with Crippen molar-refractivity contribution in [3.05, 3.63) is 58.9 Å². The van der Waals surface area contributed by atoms with Crippen molar-refractivity contribution in [3.8, 4) is 5.75 Å². The van der Waals surface area contributed by atoms with Gasteiger partial charge in [-0.3, -0.25) is 14.8 Å². The van der Waals surface area contributed by atoms with Crippen molar-refractivity contribution in [1.29, 1.82) is 0 Å². The fourth-order valence-corrected chi connectivity index (χ4v) is 5.87. The number of phenols is 1. The zero-order chi connectivity index (χ0) is 24.5. The van der Waals surface area contributed by atoms with Crippen molar-refractivity contribution in [2.45, 2.75) is 96.6 Å². The molecule has 1 aliphatic carbocycles. The van der Waals surface area contributed by atoms with Crippen LogP contribution in [0.4, 0.5) is 0 Å². The minimum atomic E-state index is -0.144. The fourth-order valence-electron chi connectivity index (χ4n) is 5.87. The van der Waals surface area contributed by atoms with Crippen molar-refractivity contribution in [2.75, 3.05) is 26.2 Å². The Morgan fingerprint density at radius 1 is 0.853 bits per heavy atom. The molecule has 1 saturated carbocycles. The fraction of sp³-hybridized carbons (Fsp3) is 0.633. The quantitative estimate of drug-likeness (QED) is 0.568. The molecule has 1 N–H and O–H groups in total. The highest BCUT2D eigenvalue weighted by Crippen LogP contribution is 2.42. The molecular weight excluding hydrogens is 418 g/mol. The summed E-state index contributed by atoms with van der Waals surface area (Å²) in [5.74, 6) is 0.450. The topological polar surface area (TPSA) is 39.6 Å². The molecule has 2 aliphatic rings. The second kappa shape index (κ2) is 9.99. The molecule has 2 fully saturated rings. The number of aromatic hydroxyl groups is 1. The molecule has 34 heavy (non-hydrogen) atoms. The van der Waals surface area contributed by atoms with Gasteiger partial charge in [0, 0.05) is 38.4 Å². The third-order valence-electron chi connectivity index (χ3n) is 7.84. The Bertz CT molecular complexity index is 908. The number of nitrogens with zero attached hydrogens (tertiary/aromatic N) is 3. The Labute approximate surface area is 207 Å². The predicted molar refractivity (Wildman–Crippen MR) is 142 cm³/mol. The number of pyridine rings is 1. The van der Waals surface area contributed by atoms with E-state index >= 15 is 0 Å². The molecule has 4 nitrogen and oxygen atoms in total. The van der Waals surface area contributed by atoms with Gasteiger partial charge in [0.1, 0.15) is 5.75 Å². The monoisotopic (exact) mass is 463 g/mol. The smallest absolute Gasteiger partial charge is 0.123 e. The first-order valence-corrected chi connectivity index (χ1v) is 13.3. The summed E-state index contributed by atoms with van der Waals surface area (Å²) in [6, 6.07) is 11.6. The molecule has 1 unspecified atom stereocenters. The maximum absolute atomic E-state index is 11.3. The summed E-state index contributed by atoms with van der Waals surface area (Å²) in [6.45, 7) is 17.5. The Morgan fingerprint density at radius 3 is 1.94 bits per heavy atom. The molecule has 186 valence electrons. The Balaban J connectivity index is 1.71. The van der Waals surface area contributed by atoms with Crippen LogP contribution in [-0.2, 0) is 10.8 Å². The van der Waals surface area contributed by atoms with Gasteiger partial charge < -0.3 is 5.11 Å². The van der Waals surface area contributed by atoms with Gasteiger partial charge in [0.05, 0.1) is 11.7 Å². The van der Waals surface area contributed by atoms with Gasteiger partial charge in [-0.25, -0.2) is 0 Å². The third kappa shape index (κ3) is 5.49. The first kappa shape index (κ1) is 25.2. The molecule has 0 amide bonds. The molecule has 4 heteroatoms. The lowest BCUT2D eigenvalue weighted by molar-refractivity contribution is 0.0638. The van der Waals surface area contributed by atoms with Crippen LogP contribution in [0.5, 0.6) is 5.75 Å². The van der Waals surface area contributed by atoms with Gasteiger partial charge in [0.2, 0.25) is 0 Å². The van der Waals surface area contributed by atoms with E-state index in [9.17, 15) is 5.11 Å². The van der Waals surface area contributed by atoms with Crippen molar-refractivity contribution >= 4 is 0 Å². The largest absolute Gasteiger partial charge is 0.507 e. The highest BCUT2D eigenvalue weighted by molar-refractivity contribution is 5.51. The maximum atomic E-state index is 11.3. The van der Waals surface area contributed by atoms with Gasteiger partial charge >= 0.3 is 0 Å². The molecular formula is C30H45N3O. The predicted octanol–water partition coefficient (Wildman–Crippen LogP) is 6.42. The van der Waals surface area contributed by atoms with E-state index in [-0.39, 0.29) is 16.9 Å². The van der Waals surface area contributed by atoms with Crippen molar-refractivity contribution in [1.82, 2.24) is 14.8 Å². The van der Waals surface area contributed by atoms with Crippen LogP contribution in [-0.4, -0.2) is 52.1 Å². The normalized spacial score (nSPS) is 20.4. The molecule has 4 rings (SSSR count). The van der Waals surface area contributed by atoms with Gasteiger partial charge in [-0.2, -0.15) is 0 Å². The third-order valence-corrected chi connectivity index (χ3v) is 7.84. The van der Waals surface area contributed by atoms with Crippen LogP contribution in [0.3, 0.4) is 0 Å². The summed E-state index contributed by atoms with van der Waals surface area (Å²) >= 11 is 0. The number of piperazine rings is 1. The van der Waals surface area contributed by atoms with Crippen molar-refractivity contribution < 1.29 is 5.11 Å². The number of aromatic nitrogens is 1. The van der Waals surface area contributed by atoms with E-state index in [1.165, 1.54) is 37.7 Å². The average molecular weight is 464 g/mol. The van der Waals surface area contributed by atoms with Crippen LogP contribution < -0.4 is 0 Å². The van der Waals surface area contributed by atoms with E-state index in [4.69, 9.17) is 4.98 Å². The number of rotatable bonds is 4. The zero-order valence-corrected chi connectivity index (χ0v) is 22.3. The Hall–Kier alpha value is -1.91. The molecule has 1 atom stereocenters. The summed E-state index contributed by atoms with van der Waals surface area (Å²) in [5.41, 5.74) is 4.10. The lowest BCUT2D eigenvalue weighted by atomic mass is 9.77. The number of hydrogen-bond donors (Lipinski definition) is 1. The molecule has 2 aromatic rings. The van der Waals surface area contributed by atoms with Crippen LogP contribution >= 0.6 is 0 Å². The SMILES string of the molecule is CC(C)(C)c1cc(C(c2ccccn2)N2CCN(C3CCCCC3)CC2)cc(C(C)(C)C)c1O. The lowest BCUT2D eigenvalue weighted by Crippen LogP contribution is -2.51. The minimum Gasteiger partial charge on any atom is -0.507 e. The second-order valence-corrected chi connectivity index (χ2v) is 12.5.